The fourth-order valence-corrected chi connectivity index (χ4v) is 2.76. The Bertz CT molecular complexity index is 844. The summed E-state index contributed by atoms with van der Waals surface area (Å²) in [7, 11) is 1.60. The quantitative estimate of drug-likeness (QED) is 0.785. The molecule has 0 saturated heterocycles. The summed E-state index contributed by atoms with van der Waals surface area (Å²) in [5.41, 5.74) is 1.56. The summed E-state index contributed by atoms with van der Waals surface area (Å²) < 4.78 is 21.5. The third-order valence-electron chi connectivity index (χ3n) is 3.81. The number of hydrogen-bond donors (Lipinski definition) is 1. The van der Waals surface area contributed by atoms with E-state index < -0.39 is 0 Å². The monoisotopic (exact) mass is 314 g/mol. The molecule has 0 atom stereocenters. The molecular formula is C17H19FN4O. The number of benzene rings is 1. The number of aryl methyl sites for hydroxylation is 2. The lowest BCUT2D eigenvalue weighted by molar-refractivity contribution is 0.419. The molecule has 0 saturated carbocycles. The molecule has 1 N–H and O–H groups in total. The van der Waals surface area contributed by atoms with Crippen molar-refractivity contribution in [3.05, 3.63) is 47.8 Å². The second kappa shape index (κ2) is 6.24. The number of anilines is 1. The molecule has 0 amide bonds. The van der Waals surface area contributed by atoms with Gasteiger partial charge in [-0.2, -0.15) is 0 Å². The van der Waals surface area contributed by atoms with Gasteiger partial charge in [0.15, 0.2) is 0 Å². The number of fused-ring (bicyclic) bond motifs is 1. The van der Waals surface area contributed by atoms with Gasteiger partial charge in [0.1, 0.15) is 23.2 Å². The second-order valence-electron chi connectivity index (χ2n) is 5.37. The Morgan fingerprint density at radius 1 is 1.26 bits per heavy atom. The molecule has 1 aromatic carbocycles. The Hall–Kier alpha value is -2.63. The predicted octanol–water partition coefficient (Wildman–Crippen LogP) is 3.31. The number of methoxy groups -OCH3 is 1. The maximum absolute atomic E-state index is 14.3. The van der Waals surface area contributed by atoms with Crippen molar-refractivity contribution in [2.24, 2.45) is 0 Å². The van der Waals surface area contributed by atoms with E-state index in [0.717, 1.165) is 16.9 Å². The molecule has 2 heterocycles. The maximum atomic E-state index is 14.3. The van der Waals surface area contributed by atoms with E-state index in [2.05, 4.69) is 15.3 Å². The van der Waals surface area contributed by atoms with Crippen LogP contribution in [0, 0.1) is 19.7 Å². The Morgan fingerprint density at radius 2 is 2.09 bits per heavy atom. The lowest BCUT2D eigenvalue weighted by Gasteiger charge is -2.11. The van der Waals surface area contributed by atoms with Gasteiger partial charge in [-0.05, 0) is 38.1 Å². The lowest BCUT2D eigenvalue weighted by atomic mass is 10.2. The van der Waals surface area contributed by atoms with Crippen molar-refractivity contribution in [2.75, 3.05) is 19.0 Å². The van der Waals surface area contributed by atoms with Crippen molar-refractivity contribution >= 4 is 16.7 Å². The summed E-state index contributed by atoms with van der Waals surface area (Å²) in [5, 5.41) is 4.03. The average molecular weight is 314 g/mol. The van der Waals surface area contributed by atoms with Crippen LogP contribution >= 0.6 is 0 Å². The first-order chi connectivity index (χ1) is 11.1. The van der Waals surface area contributed by atoms with Gasteiger partial charge in [0.25, 0.3) is 0 Å². The van der Waals surface area contributed by atoms with Crippen LogP contribution < -0.4 is 10.1 Å². The molecule has 0 aliphatic heterocycles. The zero-order valence-electron chi connectivity index (χ0n) is 13.4. The normalized spacial score (nSPS) is 11.0. The smallest absolute Gasteiger partial charge is 0.147 e. The molecular weight excluding hydrogens is 295 g/mol. The van der Waals surface area contributed by atoms with Gasteiger partial charge in [0, 0.05) is 30.4 Å². The molecule has 0 unspecified atom stereocenters. The van der Waals surface area contributed by atoms with Crippen molar-refractivity contribution in [2.45, 2.75) is 20.4 Å². The summed E-state index contributed by atoms with van der Waals surface area (Å²) in [4.78, 5) is 8.36. The van der Waals surface area contributed by atoms with Gasteiger partial charge in [-0.3, -0.25) is 0 Å². The zero-order chi connectivity index (χ0) is 16.4. The van der Waals surface area contributed by atoms with E-state index in [1.807, 2.05) is 30.5 Å². The summed E-state index contributed by atoms with van der Waals surface area (Å²) in [6.07, 6.45) is 1.71. The molecule has 120 valence electrons. The van der Waals surface area contributed by atoms with E-state index in [-0.39, 0.29) is 5.82 Å². The highest BCUT2D eigenvalue weighted by molar-refractivity contribution is 5.88. The topological polar surface area (TPSA) is 52.0 Å². The van der Waals surface area contributed by atoms with Crippen LogP contribution in [0.3, 0.4) is 0 Å². The molecule has 0 aliphatic rings. The largest absolute Gasteiger partial charge is 0.496 e. The molecule has 0 spiro atoms. The minimum atomic E-state index is -0.244. The van der Waals surface area contributed by atoms with Gasteiger partial charge in [-0.15, -0.1) is 0 Å². The molecule has 0 aliphatic carbocycles. The van der Waals surface area contributed by atoms with Crippen molar-refractivity contribution < 1.29 is 9.13 Å². The first-order valence-electron chi connectivity index (χ1n) is 7.46. The van der Waals surface area contributed by atoms with E-state index >= 15 is 0 Å². The van der Waals surface area contributed by atoms with Gasteiger partial charge in [0.2, 0.25) is 0 Å². The minimum absolute atomic E-state index is 0.244. The zero-order valence-corrected chi connectivity index (χ0v) is 13.4. The van der Waals surface area contributed by atoms with Crippen LogP contribution in [-0.4, -0.2) is 28.2 Å². The van der Waals surface area contributed by atoms with Gasteiger partial charge in [-0.1, -0.05) is 0 Å². The first kappa shape index (κ1) is 15.3. The number of aromatic nitrogens is 3. The minimum Gasteiger partial charge on any atom is -0.496 e. The fourth-order valence-electron chi connectivity index (χ4n) is 2.76. The second-order valence-corrected chi connectivity index (χ2v) is 5.37. The number of rotatable bonds is 5. The maximum Gasteiger partial charge on any atom is 0.147 e. The molecule has 3 aromatic rings. The van der Waals surface area contributed by atoms with E-state index in [1.54, 1.807) is 19.4 Å². The number of nitrogens with one attached hydrogen (secondary N) is 1. The summed E-state index contributed by atoms with van der Waals surface area (Å²) >= 11 is 0. The van der Waals surface area contributed by atoms with Crippen molar-refractivity contribution in [1.29, 1.82) is 0 Å². The van der Waals surface area contributed by atoms with E-state index in [4.69, 9.17) is 4.74 Å². The highest BCUT2D eigenvalue weighted by atomic mass is 19.1. The molecule has 0 fully saturated rings. The standard InChI is InChI=1S/C17H19FN4O/c1-11-10-13-15(23-3)5-4-14(18)17(13)22(11)9-8-20-16-6-7-19-12(2)21-16/h4-7,10H,8-9H2,1-3H3,(H,19,20,21). The van der Waals surface area contributed by atoms with Crippen LogP contribution in [0.5, 0.6) is 5.75 Å². The molecule has 6 heteroatoms. The lowest BCUT2D eigenvalue weighted by Crippen LogP contribution is -2.13. The van der Waals surface area contributed by atoms with Gasteiger partial charge >= 0.3 is 0 Å². The van der Waals surface area contributed by atoms with Gasteiger partial charge in [-0.25, -0.2) is 14.4 Å². The van der Waals surface area contributed by atoms with E-state index in [0.29, 0.717) is 30.2 Å². The number of halogens is 1. The highest BCUT2D eigenvalue weighted by Crippen LogP contribution is 2.30. The van der Waals surface area contributed by atoms with Crippen molar-refractivity contribution in [1.82, 2.24) is 14.5 Å². The Balaban J connectivity index is 1.84. The molecule has 0 bridgehead atoms. The Morgan fingerprint density at radius 3 is 2.83 bits per heavy atom. The molecule has 3 rings (SSSR count). The van der Waals surface area contributed by atoms with Crippen LogP contribution in [0.2, 0.25) is 0 Å². The molecule has 5 nitrogen and oxygen atoms in total. The summed E-state index contributed by atoms with van der Waals surface area (Å²) in [5.74, 6) is 1.92. The summed E-state index contributed by atoms with van der Waals surface area (Å²) in [6, 6.07) is 6.87. The Labute approximate surface area is 134 Å². The Kier molecular flexibility index (Phi) is 4.14. The van der Waals surface area contributed by atoms with E-state index in [9.17, 15) is 4.39 Å². The molecule has 2 aromatic heterocycles. The van der Waals surface area contributed by atoms with Crippen LogP contribution in [0.1, 0.15) is 11.5 Å². The SMILES string of the molecule is COc1ccc(F)c2c1cc(C)n2CCNc1ccnc(C)n1. The van der Waals surface area contributed by atoms with Gasteiger partial charge < -0.3 is 14.6 Å². The number of nitrogens with zero attached hydrogens (tertiary/aromatic N) is 3. The van der Waals surface area contributed by atoms with Crippen LogP contribution in [-0.2, 0) is 6.54 Å². The van der Waals surface area contributed by atoms with Crippen LogP contribution in [0.4, 0.5) is 10.2 Å². The highest BCUT2D eigenvalue weighted by Gasteiger charge is 2.14. The van der Waals surface area contributed by atoms with Crippen LogP contribution in [0.25, 0.3) is 10.9 Å². The number of ether oxygens (including phenoxy) is 1. The molecule has 0 radical (unpaired) electrons. The first-order valence-corrected chi connectivity index (χ1v) is 7.46. The third-order valence-corrected chi connectivity index (χ3v) is 3.81. The van der Waals surface area contributed by atoms with Gasteiger partial charge in [0.05, 0.1) is 12.6 Å². The average Bonchev–Trinajstić information content (AvgIpc) is 2.86. The van der Waals surface area contributed by atoms with Crippen LogP contribution in [0.15, 0.2) is 30.5 Å². The van der Waals surface area contributed by atoms with E-state index in [1.165, 1.54) is 6.07 Å². The number of hydrogen-bond acceptors (Lipinski definition) is 4. The predicted molar refractivity (Wildman–Crippen MR) is 88.4 cm³/mol. The fraction of sp³-hybridized carbons (Fsp3) is 0.294. The third kappa shape index (κ3) is 2.97. The van der Waals surface area contributed by atoms with Crippen molar-refractivity contribution in [3.8, 4) is 5.75 Å². The summed E-state index contributed by atoms with van der Waals surface area (Å²) in [6.45, 7) is 5.07. The van der Waals surface area contributed by atoms with Crippen molar-refractivity contribution in [3.63, 3.8) is 0 Å². The molecule has 23 heavy (non-hydrogen) atoms.